The van der Waals surface area contributed by atoms with Gasteiger partial charge in [0.15, 0.2) is 0 Å². The van der Waals surface area contributed by atoms with Crippen molar-refractivity contribution in [1.29, 1.82) is 5.26 Å². The monoisotopic (exact) mass is 450 g/mol. The van der Waals surface area contributed by atoms with Crippen LogP contribution >= 0.6 is 15.9 Å². The third-order valence-corrected chi connectivity index (χ3v) is 5.16. The van der Waals surface area contributed by atoms with Gasteiger partial charge in [0.2, 0.25) is 0 Å². The predicted molar refractivity (Wildman–Crippen MR) is 109 cm³/mol. The third-order valence-electron chi connectivity index (χ3n) is 4.69. The van der Waals surface area contributed by atoms with Gasteiger partial charge in [-0.3, -0.25) is 14.3 Å². The Morgan fingerprint density at radius 1 is 1.10 bits per heavy atom. The summed E-state index contributed by atoms with van der Waals surface area (Å²) in [4.78, 5) is 4.54. The second-order valence-corrected chi connectivity index (χ2v) is 7.51. The number of nitriles is 1. The van der Waals surface area contributed by atoms with Gasteiger partial charge in [0.25, 0.3) is 0 Å². The molecule has 0 aliphatic heterocycles. The lowest BCUT2D eigenvalue weighted by Crippen LogP contribution is -2.15. The molecular formula is C21H16BrFN6. The summed E-state index contributed by atoms with van der Waals surface area (Å²) >= 11 is 3.41. The largest absolute Gasteiger partial charge is 0.266 e. The molecule has 3 heterocycles. The first kappa shape index (κ1) is 19.0. The predicted octanol–water partition coefficient (Wildman–Crippen LogP) is 4.28. The first-order chi connectivity index (χ1) is 14.0. The van der Waals surface area contributed by atoms with E-state index < -0.39 is 0 Å². The summed E-state index contributed by atoms with van der Waals surface area (Å²) in [5, 5.41) is 18.1. The smallest absolute Gasteiger partial charge is 0.123 e. The number of nitrogens with zero attached hydrogens (tertiary/aromatic N) is 6. The molecule has 144 valence electrons. The van der Waals surface area contributed by atoms with Crippen LogP contribution in [0.25, 0.3) is 11.3 Å². The van der Waals surface area contributed by atoms with Crippen molar-refractivity contribution < 1.29 is 4.39 Å². The van der Waals surface area contributed by atoms with Crippen molar-refractivity contribution in [2.75, 3.05) is 0 Å². The molecule has 0 aliphatic rings. The zero-order valence-electron chi connectivity index (χ0n) is 15.5. The second-order valence-electron chi connectivity index (χ2n) is 6.60. The van der Waals surface area contributed by atoms with Gasteiger partial charge in [0.05, 0.1) is 35.4 Å². The molecule has 0 aliphatic carbocycles. The van der Waals surface area contributed by atoms with E-state index in [0.29, 0.717) is 17.7 Å². The van der Waals surface area contributed by atoms with E-state index in [1.54, 1.807) is 42.5 Å². The number of hydrogen-bond donors (Lipinski definition) is 0. The molecule has 0 bridgehead atoms. The normalized spacial score (nSPS) is 11.9. The molecule has 0 radical (unpaired) electrons. The topological polar surface area (TPSA) is 72.3 Å². The van der Waals surface area contributed by atoms with E-state index in [0.717, 1.165) is 21.3 Å². The van der Waals surface area contributed by atoms with Crippen LogP contribution in [0, 0.1) is 17.1 Å². The summed E-state index contributed by atoms with van der Waals surface area (Å²) in [6, 6.07) is 12.3. The summed E-state index contributed by atoms with van der Waals surface area (Å²) < 4.78 is 17.7. The van der Waals surface area contributed by atoms with Gasteiger partial charge < -0.3 is 0 Å². The Bertz CT molecular complexity index is 1170. The maximum atomic E-state index is 13.3. The van der Waals surface area contributed by atoms with E-state index in [-0.39, 0.29) is 11.9 Å². The lowest BCUT2D eigenvalue weighted by molar-refractivity contribution is 0.508. The first-order valence-corrected chi connectivity index (χ1v) is 9.67. The van der Waals surface area contributed by atoms with Crippen LogP contribution in [-0.2, 0) is 13.5 Å². The highest BCUT2D eigenvalue weighted by Crippen LogP contribution is 2.27. The molecular weight excluding hydrogens is 435 g/mol. The summed E-state index contributed by atoms with van der Waals surface area (Å²) in [7, 11) is 1.79. The Morgan fingerprint density at radius 3 is 2.59 bits per heavy atom. The maximum Gasteiger partial charge on any atom is 0.123 e. The first-order valence-electron chi connectivity index (χ1n) is 8.87. The van der Waals surface area contributed by atoms with Gasteiger partial charge in [-0.25, -0.2) is 4.39 Å². The average molecular weight is 451 g/mol. The Kier molecular flexibility index (Phi) is 5.23. The zero-order chi connectivity index (χ0) is 20.4. The molecule has 3 aromatic heterocycles. The molecule has 0 spiro atoms. The fourth-order valence-electron chi connectivity index (χ4n) is 3.25. The van der Waals surface area contributed by atoms with Gasteiger partial charge in [0, 0.05) is 35.9 Å². The molecule has 1 aromatic carbocycles. The molecule has 1 atom stereocenters. The van der Waals surface area contributed by atoms with Crippen molar-refractivity contribution in [3.05, 3.63) is 88.3 Å². The fraction of sp³-hybridized carbons (Fsp3) is 0.143. The van der Waals surface area contributed by atoms with Crippen LogP contribution in [0.4, 0.5) is 4.39 Å². The Balaban J connectivity index is 1.74. The van der Waals surface area contributed by atoms with Crippen LogP contribution < -0.4 is 0 Å². The minimum absolute atomic E-state index is 0.193. The van der Waals surface area contributed by atoms with Gasteiger partial charge in [-0.2, -0.15) is 15.5 Å². The van der Waals surface area contributed by atoms with E-state index in [1.165, 1.54) is 12.1 Å². The minimum Gasteiger partial charge on any atom is -0.266 e. The quantitative estimate of drug-likeness (QED) is 0.454. The van der Waals surface area contributed by atoms with Crippen LogP contribution in [0.2, 0.25) is 0 Å². The standard InChI is InChI=1S/C21H16BrFN6/c1-28-21(15(9-24)10-26-28)16-11-27-29(13-16)20(19-7-4-17(22)12-25-19)8-14-2-5-18(23)6-3-14/h2-7,10-13,20H,8H2,1H3. The van der Waals surface area contributed by atoms with Gasteiger partial charge in [-0.05, 0) is 45.8 Å². The highest BCUT2D eigenvalue weighted by Gasteiger charge is 2.20. The summed E-state index contributed by atoms with van der Waals surface area (Å²) in [6.45, 7) is 0. The molecule has 1 unspecified atom stereocenters. The number of aryl methyl sites for hydroxylation is 1. The van der Waals surface area contributed by atoms with Crippen molar-refractivity contribution in [1.82, 2.24) is 24.5 Å². The second kappa shape index (κ2) is 7.97. The van der Waals surface area contributed by atoms with Gasteiger partial charge in [-0.15, -0.1) is 0 Å². The molecule has 0 N–H and O–H groups in total. The highest BCUT2D eigenvalue weighted by atomic mass is 79.9. The highest BCUT2D eigenvalue weighted by molar-refractivity contribution is 9.10. The van der Waals surface area contributed by atoms with E-state index >= 15 is 0 Å². The van der Waals surface area contributed by atoms with Crippen LogP contribution in [0.3, 0.4) is 0 Å². The van der Waals surface area contributed by atoms with Gasteiger partial charge in [0.1, 0.15) is 11.9 Å². The summed E-state index contributed by atoms with van der Waals surface area (Å²) in [6.07, 6.45) is 7.47. The van der Waals surface area contributed by atoms with Crippen LogP contribution in [0.1, 0.15) is 22.9 Å². The van der Waals surface area contributed by atoms with E-state index in [2.05, 4.69) is 37.2 Å². The van der Waals surface area contributed by atoms with E-state index in [9.17, 15) is 9.65 Å². The third kappa shape index (κ3) is 3.96. The molecule has 4 rings (SSSR count). The lowest BCUT2D eigenvalue weighted by atomic mass is 10.0. The molecule has 0 amide bonds. The SMILES string of the molecule is Cn1ncc(C#N)c1-c1cnn(C(Cc2ccc(F)cc2)c2ccc(Br)cn2)c1. The number of benzene rings is 1. The van der Waals surface area contributed by atoms with Gasteiger partial charge in [-0.1, -0.05) is 12.1 Å². The van der Waals surface area contributed by atoms with Crippen molar-refractivity contribution in [3.8, 4) is 17.3 Å². The summed E-state index contributed by atoms with van der Waals surface area (Å²) in [5.74, 6) is -0.270. The Hall–Kier alpha value is -3.31. The molecule has 0 saturated carbocycles. The summed E-state index contributed by atoms with van der Waals surface area (Å²) in [5.41, 5.74) is 3.80. The number of rotatable bonds is 5. The van der Waals surface area contributed by atoms with E-state index in [1.807, 2.05) is 23.0 Å². The molecule has 4 aromatic rings. The molecule has 6 nitrogen and oxygen atoms in total. The van der Waals surface area contributed by atoms with Gasteiger partial charge >= 0.3 is 0 Å². The van der Waals surface area contributed by atoms with Crippen molar-refractivity contribution in [3.63, 3.8) is 0 Å². The average Bonchev–Trinajstić information content (AvgIpc) is 3.34. The van der Waals surface area contributed by atoms with Crippen molar-refractivity contribution >= 4 is 15.9 Å². The number of hydrogen-bond acceptors (Lipinski definition) is 4. The minimum atomic E-state index is -0.270. The molecule has 29 heavy (non-hydrogen) atoms. The molecule has 8 heteroatoms. The Labute approximate surface area is 175 Å². The van der Waals surface area contributed by atoms with Crippen LogP contribution in [0.15, 0.2) is 65.7 Å². The van der Waals surface area contributed by atoms with E-state index in [4.69, 9.17) is 0 Å². The lowest BCUT2D eigenvalue weighted by Gasteiger charge is -2.17. The maximum absolute atomic E-state index is 13.3. The van der Waals surface area contributed by atoms with Crippen molar-refractivity contribution in [2.24, 2.45) is 7.05 Å². The molecule has 0 saturated heterocycles. The molecule has 0 fully saturated rings. The number of aromatic nitrogens is 5. The van der Waals surface area contributed by atoms with Crippen LogP contribution in [-0.4, -0.2) is 24.5 Å². The Morgan fingerprint density at radius 2 is 1.90 bits per heavy atom. The zero-order valence-corrected chi connectivity index (χ0v) is 17.1. The number of pyridine rings is 1. The van der Waals surface area contributed by atoms with Crippen LogP contribution in [0.5, 0.6) is 0 Å². The van der Waals surface area contributed by atoms with Crippen molar-refractivity contribution in [2.45, 2.75) is 12.5 Å². The number of halogens is 2. The fourth-order valence-corrected chi connectivity index (χ4v) is 3.49.